The zero-order chi connectivity index (χ0) is 19.4. The third kappa shape index (κ3) is 4.59. The van der Waals surface area contributed by atoms with E-state index >= 15 is 0 Å². The van der Waals surface area contributed by atoms with Crippen LogP contribution in [0.5, 0.6) is 0 Å². The van der Waals surface area contributed by atoms with Gasteiger partial charge in [0.05, 0.1) is 6.67 Å². The molecule has 8 heteroatoms. The van der Waals surface area contributed by atoms with Crippen LogP contribution in [0, 0.1) is 4.77 Å². The molecule has 3 N–H and O–H groups in total. The SMILES string of the molecule is Cn1c(CCC(N)=O)nn(CNC2(c3ccc(Cl)cc3)CCCCC2)c1=S. The average molecular weight is 408 g/mol. The van der Waals surface area contributed by atoms with Gasteiger partial charge in [0.15, 0.2) is 4.77 Å². The second-order valence-corrected chi connectivity index (χ2v) is 8.01. The lowest BCUT2D eigenvalue weighted by molar-refractivity contribution is -0.118. The van der Waals surface area contributed by atoms with E-state index in [0.717, 1.165) is 23.7 Å². The number of hydrogen-bond acceptors (Lipinski definition) is 4. The van der Waals surface area contributed by atoms with Gasteiger partial charge in [-0.1, -0.05) is 43.0 Å². The van der Waals surface area contributed by atoms with Crippen LogP contribution in [-0.2, 0) is 30.5 Å². The third-order valence-electron chi connectivity index (χ3n) is 5.40. The van der Waals surface area contributed by atoms with E-state index in [0.29, 0.717) is 17.9 Å². The van der Waals surface area contributed by atoms with Gasteiger partial charge in [-0.25, -0.2) is 4.68 Å². The van der Waals surface area contributed by atoms with Crippen LogP contribution in [0.15, 0.2) is 24.3 Å². The Kier molecular flexibility index (Phi) is 6.34. The molecule has 0 bridgehead atoms. The zero-order valence-corrected chi connectivity index (χ0v) is 17.2. The maximum atomic E-state index is 11.1. The van der Waals surface area contributed by atoms with Gasteiger partial charge in [-0.3, -0.25) is 10.1 Å². The maximum Gasteiger partial charge on any atom is 0.217 e. The number of nitrogens with zero attached hydrogens (tertiary/aromatic N) is 3. The Morgan fingerprint density at radius 1 is 1.30 bits per heavy atom. The first-order valence-electron chi connectivity index (χ1n) is 9.33. The highest BCUT2D eigenvalue weighted by atomic mass is 35.5. The molecule has 0 atom stereocenters. The van der Waals surface area contributed by atoms with E-state index < -0.39 is 0 Å². The molecule has 0 saturated heterocycles. The summed E-state index contributed by atoms with van der Waals surface area (Å²) in [6.45, 7) is 0.520. The lowest BCUT2D eigenvalue weighted by Gasteiger charge is -2.39. The van der Waals surface area contributed by atoms with Gasteiger partial charge in [0.2, 0.25) is 5.91 Å². The number of rotatable bonds is 7. The van der Waals surface area contributed by atoms with E-state index in [2.05, 4.69) is 22.5 Å². The molecule has 1 aliphatic rings. The highest BCUT2D eigenvalue weighted by molar-refractivity contribution is 7.71. The summed E-state index contributed by atoms with van der Waals surface area (Å²) in [4.78, 5) is 11.1. The fourth-order valence-corrected chi connectivity index (χ4v) is 4.14. The van der Waals surface area contributed by atoms with E-state index in [1.807, 2.05) is 23.7 Å². The van der Waals surface area contributed by atoms with E-state index in [-0.39, 0.29) is 17.9 Å². The van der Waals surface area contributed by atoms with Crippen molar-refractivity contribution in [2.24, 2.45) is 12.8 Å². The molecule has 6 nitrogen and oxygen atoms in total. The smallest absolute Gasteiger partial charge is 0.217 e. The van der Waals surface area contributed by atoms with Gasteiger partial charge in [-0.2, -0.15) is 5.10 Å². The van der Waals surface area contributed by atoms with Gasteiger partial charge in [0, 0.05) is 30.5 Å². The van der Waals surface area contributed by atoms with Gasteiger partial charge in [-0.15, -0.1) is 0 Å². The van der Waals surface area contributed by atoms with Crippen molar-refractivity contribution in [2.75, 3.05) is 0 Å². The highest BCUT2D eigenvalue weighted by Crippen LogP contribution is 2.37. The van der Waals surface area contributed by atoms with Crippen LogP contribution in [0.1, 0.15) is 49.9 Å². The number of halogens is 1. The summed E-state index contributed by atoms with van der Waals surface area (Å²) < 4.78 is 4.26. The largest absolute Gasteiger partial charge is 0.370 e. The van der Waals surface area contributed by atoms with Gasteiger partial charge in [0.1, 0.15) is 5.82 Å². The molecule has 3 rings (SSSR count). The molecule has 1 fully saturated rings. The lowest BCUT2D eigenvalue weighted by Crippen LogP contribution is -2.45. The minimum Gasteiger partial charge on any atom is -0.370 e. The molecule has 1 aliphatic carbocycles. The van der Waals surface area contributed by atoms with Crippen molar-refractivity contribution < 1.29 is 4.79 Å². The van der Waals surface area contributed by atoms with Crippen LogP contribution in [0.4, 0.5) is 0 Å². The van der Waals surface area contributed by atoms with Gasteiger partial charge in [0.25, 0.3) is 0 Å². The number of benzene rings is 1. The minimum atomic E-state index is -0.336. The van der Waals surface area contributed by atoms with E-state index in [4.69, 9.17) is 29.6 Å². The normalized spacial score (nSPS) is 16.4. The Labute approximate surface area is 169 Å². The molecule has 0 unspecified atom stereocenters. The molecular weight excluding hydrogens is 382 g/mol. The summed E-state index contributed by atoms with van der Waals surface area (Å²) in [7, 11) is 1.87. The summed E-state index contributed by atoms with van der Waals surface area (Å²) in [5, 5.41) is 9.05. The summed E-state index contributed by atoms with van der Waals surface area (Å²) >= 11 is 11.6. The minimum absolute atomic E-state index is 0.0947. The Balaban J connectivity index is 1.80. The molecule has 1 amide bonds. The molecule has 1 aromatic heterocycles. The van der Waals surface area contributed by atoms with Crippen molar-refractivity contribution >= 4 is 29.7 Å². The fourth-order valence-electron chi connectivity index (χ4n) is 3.81. The van der Waals surface area contributed by atoms with Crippen LogP contribution in [0.3, 0.4) is 0 Å². The fraction of sp³-hybridized carbons (Fsp3) is 0.526. The monoisotopic (exact) mass is 407 g/mol. The Morgan fingerprint density at radius 3 is 2.59 bits per heavy atom. The predicted octanol–water partition coefficient (Wildman–Crippen LogP) is 3.43. The molecule has 2 aromatic rings. The van der Waals surface area contributed by atoms with Gasteiger partial charge < -0.3 is 10.3 Å². The Hall–Kier alpha value is -1.70. The van der Waals surface area contributed by atoms with Crippen molar-refractivity contribution in [1.82, 2.24) is 19.7 Å². The molecule has 0 aliphatic heterocycles. The number of aryl methyl sites for hydroxylation is 1. The first-order chi connectivity index (χ1) is 12.9. The van der Waals surface area contributed by atoms with Gasteiger partial charge in [-0.05, 0) is 42.8 Å². The summed E-state index contributed by atoms with van der Waals surface area (Å²) in [6, 6.07) is 8.11. The first kappa shape index (κ1) is 20.0. The number of amides is 1. The molecular formula is C19H26ClN5OS. The van der Waals surface area contributed by atoms with Crippen LogP contribution in [-0.4, -0.2) is 20.3 Å². The number of aromatic nitrogens is 3. The number of nitrogens with two attached hydrogens (primary N) is 1. The topological polar surface area (TPSA) is 77.9 Å². The predicted molar refractivity (Wildman–Crippen MR) is 109 cm³/mol. The van der Waals surface area contributed by atoms with Gasteiger partial charge >= 0.3 is 0 Å². The van der Waals surface area contributed by atoms with Crippen molar-refractivity contribution in [3.63, 3.8) is 0 Å². The Bertz CT molecular complexity index is 852. The number of carbonyl (C=O) groups is 1. The van der Waals surface area contributed by atoms with Crippen LogP contribution in [0.25, 0.3) is 0 Å². The highest BCUT2D eigenvalue weighted by Gasteiger charge is 2.33. The van der Waals surface area contributed by atoms with Crippen molar-refractivity contribution in [1.29, 1.82) is 0 Å². The number of nitrogens with one attached hydrogen (secondary N) is 1. The maximum absolute atomic E-state index is 11.1. The second-order valence-electron chi connectivity index (χ2n) is 7.21. The number of hydrogen-bond donors (Lipinski definition) is 2. The van der Waals surface area contributed by atoms with Crippen LogP contribution in [0.2, 0.25) is 5.02 Å². The van der Waals surface area contributed by atoms with Crippen LogP contribution >= 0.6 is 23.8 Å². The van der Waals surface area contributed by atoms with Crippen molar-refractivity contribution in [3.05, 3.63) is 45.4 Å². The molecule has 1 heterocycles. The number of carbonyl (C=O) groups excluding carboxylic acids is 1. The zero-order valence-electron chi connectivity index (χ0n) is 15.6. The van der Waals surface area contributed by atoms with Crippen LogP contribution < -0.4 is 11.1 Å². The first-order valence-corrected chi connectivity index (χ1v) is 10.1. The van der Waals surface area contributed by atoms with Crippen molar-refractivity contribution in [2.45, 2.75) is 57.2 Å². The standard InChI is InChI=1S/C19H26ClN5OS/c1-24-17(10-9-16(21)26)23-25(18(24)27)13-22-19(11-3-2-4-12-19)14-5-7-15(20)8-6-14/h5-8,22H,2-4,9-13H2,1H3,(H2,21,26). The second kappa shape index (κ2) is 8.54. The summed E-state index contributed by atoms with van der Waals surface area (Å²) in [5.41, 5.74) is 6.41. The molecule has 1 saturated carbocycles. The molecule has 0 spiro atoms. The molecule has 146 valence electrons. The summed E-state index contributed by atoms with van der Waals surface area (Å²) in [6.07, 6.45) is 6.54. The van der Waals surface area contributed by atoms with E-state index in [9.17, 15) is 4.79 Å². The van der Waals surface area contributed by atoms with Crippen molar-refractivity contribution in [3.8, 4) is 0 Å². The van der Waals surface area contributed by atoms with E-state index in [1.165, 1.54) is 24.8 Å². The average Bonchev–Trinajstić information content (AvgIpc) is 2.94. The third-order valence-corrected chi connectivity index (χ3v) is 6.13. The summed E-state index contributed by atoms with van der Waals surface area (Å²) in [5.74, 6) is 0.433. The van der Waals surface area contributed by atoms with E-state index in [1.54, 1.807) is 4.68 Å². The number of primary amides is 1. The quantitative estimate of drug-likeness (QED) is 0.689. The molecule has 27 heavy (non-hydrogen) atoms. The molecule has 1 aromatic carbocycles. The lowest BCUT2D eigenvalue weighted by atomic mass is 9.76. The molecule has 0 radical (unpaired) electrons. The Morgan fingerprint density at radius 2 is 1.96 bits per heavy atom.